The van der Waals surface area contributed by atoms with Gasteiger partial charge in [0.15, 0.2) is 0 Å². The number of rotatable bonds is 7. The summed E-state index contributed by atoms with van der Waals surface area (Å²) in [5.41, 5.74) is 0. The average Bonchev–Trinajstić information content (AvgIpc) is 2.26. The van der Waals surface area contributed by atoms with E-state index in [4.69, 9.17) is 65.9 Å². The van der Waals surface area contributed by atoms with Crippen molar-refractivity contribution in [2.75, 3.05) is 18.4 Å². The highest BCUT2D eigenvalue weighted by Crippen LogP contribution is 2.24. The summed E-state index contributed by atoms with van der Waals surface area (Å²) in [4.78, 5) is 14.3. The van der Waals surface area contributed by atoms with Crippen LogP contribution in [-0.2, 0) is 4.57 Å². The molecule has 106 valence electrons. The zero-order chi connectivity index (χ0) is 13.8. The van der Waals surface area contributed by atoms with Crippen molar-refractivity contribution in [1.82, 2.24) is 0 Å². The SMILES string of the molecule is O=[PH](O)O.OCCC(CC(Cl)CCl)C(Cl)CCl. The molecule has 0 aromatic carbocycles. The van der Waals surface area contributed by atoms with Gasteiger partial charge < -0.3 is 14.9 Å². The molecule has 0 saturated carbocycles. The zero-order valence-corrected chi connectivity index (χ0v) is 13.1. The molecule has 0 aliphatic heterocycles. The van der Waals surface area contributed by atoms with E-state index in [0.29, 0.717) is 24.6 Å². The molecule has 3 atom stereocenters. The van der Waals surface area contributed by atoms with Gasteiger partial charge in [-0.1, -0.05) is 0 Å². The summed E-state index contributed by atoms with van der Waals surface area (Å²) in [6, 6.07) is 0. The fourth-order valence-corrected chi connectivity index (χ4v) is 1.97. The standard InChI is InChI=1S/C8H14Cl4O.H3O3P/c9-4-7(11)3-6(1-2-13)8(12)5-10;1-4(2)3/h6-8,13H,1-5H2;4H,(H2,1,2,3). The Morgan fingerprint density at radius 3 is 1.88 bits per heavy atom. The third kappa shape index (κ3) is 15.2. The van der Waals surface area contributed by atoms with Crippen molar-refractivity contribution >= 4 is 54.7 Å². The molecule has 0 saturated heterocycles. The highest BCUT2D eigenvalue weighted by atomic mass is 35.5. The summed E-state index contributed by atoms with van der Waals surface area (Å²) in [6.07, 6.45) is 1.33. The number of aliphatic hydroxyl groups excluding tert-OH is 1. The van der Waals surface area contributed by atoms with Gasteiger partial charge in [-0.05, 0) is 18.8 Å². The van der Waals surface area contributed by atoms with Crippen LogP contribution in [0.15, 0.2) is 0 Å². The highest BCUT2D eigenvalue weighted by Gasteiger charge is 2.21. The molecule has 0 heterocycles. The van der Waals surface area contributed by atoms with E-state index < -0.39 is 8.25 Å². The van der Waals surface area contributed by atoms with Gasteiger partial charge in [0, 0.05) is 23.7 Å². The van der Waals surface area contributed by atoms with Crippen LogP contribution in [0.4, 0.5) is 0 Å². The Bertz CT molecular complexity index is 194. The lowest BCUT2D eigenvalue weighted by molar-refractivity contribution is 0.251. The molecule has 0 aromatic rings. The minimum absolute atomic E-state index is 0.0947. The zero-order valence-electron chi connectivity index (χ0n) is 9.03. The summed E-state index contributed by atoms with van der Waals surface area (Å²) in [7, 11) is -3.13. The van der Waals surface area contributed by atoms with Crippen LogP contribution in [0.2, 0.25) is 0 Å². The molecule has 0 radical (unpaired) electrons. The Labute approximate surface area is 122 Å². The van der Waals surface area contributed by atoms with Crippen LogP contribution in [0.3, 0.4) is 0 Å². The van der Waals surface area contributed by atoms with Crippen LogP contribution in [0.1, 0.15) is 12.8 Å². The van der Waals surface area contributed by atoms with Crippen LogP contribution in [-0.4, -0.2) is 44.0 Å². The Morgan fingerprint density at radius 1 is 1.12 bits per heavy atom. The smallest absolute Gasteiger partial charge is 0.314 e. The van der Waals surface area contributed by atoms with Gasteiger partial charge >= 0.3 is 8.25 Å². The lowest BCUT2D eigenvalue weighted by Gasteiger charge is -2.21. The third-order valence-corrected chi connectivity index (χ3v) is 3.75. The topological polar surface area (TPSA) is 77.8 Å². The molecule has 0 bridgehead atoms. The summed E-state index contributed by atoms with van der Waals surface area (Å²) in [5.74, 6) is 0.915. The molecule has 0 aliphatic carbocycles. The van der Waals surface area contributed by atoms with Crippen LogP contribution in [0, 0.1) is 5.92 Å². The second kappa shape index (κ2) is 13.7. The predicted octanol–water partition coefficient (Wildman–Crippen LogP) is 2.43. The Hall–Kier alpha value is 1.27. The molecule has 3 unspecified atom stereocenters. The third-order valence-electron chi connectivity index (χ3n) is 1.88. The molecule has 0 amide bonds. The number of hydrogen-bond donors (Lipinski definition) is 3. The quantitative estimate of drug-likeness (QED) is 0.487. The molecule has 0 aliphatic rings. The fraction of sp³-hybridized carbons (Fsp3) is 1.00. The van der Waals surface area contributed by atoms with Crippen molar-refractivity contribution in [3.05, 3.63) is 0 Å². The number of hydrogen-bond acceptors (Lipinski definition) is 2. The van der Waals surface area contributed by atoms with Gasteiger partial charge in [0.25, 0.3) is 0 Å². The highest BCUT2D eigenvalue weighted by molar-refractivity contribution is 7.30. The first kappa shape index (κ1) is 20.6. The van der Waals surface area contributed by atoms with Crippen molar-refractivity contribution in [3.8, 4) is 0 Å². The summed E-state index contributed by atoms with van der Waals surface area (Å²) < 4.78 is 8.74. The first-order valence-electron chi connectivity index (χ1n) is 4.81. The van der Waals surface area contributed by atoms with Crippen molar-refractivity contribution in [3.63, 3.8) is 0 Å². The minimum Gasteiger partial charge on any atom is -0.396 e. The second-order valence-electron chi connectivity index (χ2n) is 3.21. The maximum atomic E-state index is 8.79. The van der Waals surface area contributed by atoms with E-state index in [1.165, 1.54) is 0 Å². The van der Waals surface area contributed by atoms with E-state index in [1.807, 2.05) is 0 Å². The maximum Gasteiger partial charge on any atom is 0.314 e. The van der Waals surface area contributed by atoms with Gasteiger partial charge in [-0.2, -0.15) is 0 Å². The molecule has 0 fully saturated rings. The first-order chi connectivity index (χ1) is 7.88. The summed E-state index contributed by atoms with van der Waals surface area (Å²) >= 11 is 23.0. The van der Waals surface area contributed by atoms with Crippen molar-refractivity contribution in [2.24, 2.45) is 5.92 Å². The van der Waals surface area contributed by atoms with Gasteiger partial charge in [-0.15, -0.1) is 46.4 Å². The molecule has 3 N–H and O–H groups in total. The van der Waals surface area contributed by atoms with Crippen LogP contribution in [0.25, 0.3) is 0 Å². The van der Waals surface area contributed by atoms with E-state index in [2.05, 4.69) is 0 Å². The Kier molecular flexibility index (Phi) is 16.6. The van der Waals surface area contributed by atoms with Crippen molar-refractivity contribution in [1.29, 1.82) is 0 Å². The van der Waals surface area contributed by atoms with E-state index >= 15 is 0 Å². The van der Waals surface area contributed by atoms with Crippen LogP contribution in [0.5, 0.6) is 0 Å². The lowest BCUT2D eigenvalue weighted by Crippen LogP contribution is -2.22. The monoisotopic (exact) mass is 348 g/mol. The summed E-state index contributed by atoms with van der Waals surface area (Å²) in [5, 5.41) is 8.55. The van der Waals surface area contributed by atoms with Gasteiger partial charge in [0.2, 0.25) is 0 Å². The van der Waals surface area contributed by atoms with Gasteiger partial charge in [0.1, 0.15) is 0 Å². The van der Waals surface area contributed by atoms with Gasteiger partial charge in [0.05, 0.1) is 5.38 Å². The molecule has 0 spiro atoms. The normalized spacial score (nSPS) is 16.0. The van der Waals surface area contributed by atoms with E-state index in [1.54, 1.807) is 0 Å². The Balaban J connectivity index is 0. The fourth-order valence-electron chi connectivity index (χ4n) is 1.13. The maximum absolute atomic E-state index is 8.79. The Morgan fingerprint density at radius 2 is 1.59 bits per heavy atom. The molecule has 9 heteroatoms. The average molecular weight is 350 g/mol. The van der Waals surface area contributed by atoms with Crippen LogP contribution < -0.4 is 0 Å². The number of alkyl halides is 4. The van der Waals surface area contributed by atoms with Gasteiger partial charge in [-0.25, -0.2) is 0 Å². The largest absolute Gasteiger partial charge is 0.396 e. The van der Waals surface area contributed by atoms with Crippen LogP contribution >= 0.6 is 54.7 Å². The van der Waals surface area contributed by atoms with E-state index in [0.717, 1.165) is 0 Å². The molecule has 17 heavy (non-hydrogen) atoms. The second-order valence-corrected chi connectivity index (χ2v) is 5.57. The summed E-state index contributed by atoms with van der Waals surface area (Å²) in [6.45, 7) is 0.108. The molecule has 0 aromatic heterocycles. The van der Waals surface area contributed by atoms with Crippen molar-refractivity contribution < 1.29 is 19.5 Å². The predicted molar refractivity (Wildman–Crippen MR) is 74.0 cm³/mol. The number of halogens is 4. The van der Waals surface area contributed by atoms with Gasteiger partial charge in [-0.3, -0.25) is 4.57 Å². The van der Waals surface area contributed by atoms with E-state index in [-0.39, 0.29) is 23.3 Å². The van der Waals surface area contributed by atoms with Crippen molar-refractivity contribution in [2.45, 2.75) is 23.6 Å². The minimum atomic E-state index is -3.13. The molecular weight excluding hydrogens is 333 g/mol. The lowest BCUT2D eigenvalue weighted by atomic mass is 9.97. The molecule has 0 rings (SSSR count). The number of aliphatic hydroxyl groups is 1. The van der Waals surface area contributed by atoms with E-state index in [9.17, 15) is 0 Å². The molecule has 4 nitrogen and oxygen atoms in total. The molecular formula is C8H17Cl4O4P. The first-order valence-corrected chi connectivity index (χ1v) is 8.06.